The highest BCUT2D eigenvalue weighted by molar-refractivity contribution is 5.73. The summed E-state index contributed by atoms with van der Waals surface area (Å²) in [6, 6.07) is 9.48. The molecule has 1 aromatic carbocycles. The molecule has 4 nitrogen and oxygen atoms in total. The Labute approximate surface area is 101 Å². The molecule has 17 heavy (non-hydrogen) atoms. The summed E-state index contributed by atoms with van der Waals surface area (Å²) < 4.78 is 5.44. The number of unbranched alkanes of at least 4 members (excludes halogenated alkanes) is 1. The first-order chi connectivity index (χ1) is 8.24. The highest BCUT2D eigenvalue weighted by Crippen LogP contribution is 2.09. The van der Waals surface area contributed by atoms with Gasteiger partial charge in [0.1, 0.15) is 0 Å². The summed E-state index contributed by atoms with van der Waals surface area (Å²) in [5, 5.41) is 8.86. The average Bonchev–Trinajstić information content (AvgIpc) is 2.33. The summed E-state index contributed by atoms with van der Waals surface area (Å²) in [6.45, 7) is 1.01. The zero-order valence-corrected chi connectivity index (χ0v) is 9.69. The third-order valence-electron chi connectivity index (χ3n) is 2.36. The fraction of sp³-hybridized carbons (Fsp3) is 0.385. The summed E-state index contributed by atoms with van der Waals surface area (Å²) in [7, 11) is 0. The molecule has 0 aliphatic heterocycles. The lowest BCUT2D eigenvalue weighted by Gasteiger charge is -2.05. The van der Waals surface area contributed by atoms with Crippen LogP contribution in [0, 0.1) is 11.3 Å². The molecular weight excluding hydrogens is 216 g/mol. The van der Waals surface area contributed by atoms with Crippen molar-refractivity contribution in [2.75, 3.05) is 6.61 Å². The van der Waals surface area contributed by atoms with Gasteiger partial charge in [0.15, 0.2) is 0 Å². The normalized spacial score (nSPS) is 9.82. The fourth-order valence-electron chi connectivity index (χ4n) is 1.44. The van der Waals surface area contributed by atoms with Crippen LogP contribution in [0.4, 0.5) is 0 Å². The summed E-state index contributed by atoms with van der Waals surface area (Å²) >= 11 is 0. The molecule has 0 heterocycles. The SMILES string of the molecule is N#Cc1ccccc1COCCCCC(N)=O. The number of primary amides is 1. The maximum absolute atomic E-state index is 10.5. The Bertz CT molecular complexity index is 410. The van der Waals surface area contributed by atoms with Crippen LogP contribution in [-0.2, 0) is 16.1 Å². The maximum Gasteiger partial charge on any atom is 0.217 e. The van der Waals surface area contributed by atoms with Crippen LogP contribution in [0.25, 0.3) is 0 Å². The predicted molar refractivity (Wildman–Crippen MR) is 63.9 cm³/mol. The first kappa shape index (κ1) is 13.2. The highest BCUT2D eigenvalue weighted by Gasteiger charge is 2.00. The Morgan fingerprint density at radius 2 is 2.12 bits per heavy atom. The van der Waals surface area contributed by atoms with Gasteiger partial charge in [-0.05, 0) is 24.5 Å². The second-order valence-electron chi connectivity index (χ2n) is 3.74. The molecule has 0 radical (unpaired) electrons. The van der Waals surface area contributed by atoms with E-state index in [1.54, 1.807) is 6.07 Å². The van der Waals surface area contributed by atoms with E-state index in [1.807, 2.05) is 18.2 Å². The van der Waals surface area contributed by atoms with Crippen molar-refractivity contribution in [2.45, 2.75) is 25.9 Å². The molecule has 1 aromatic rings. The molecule has 1 amide bonds. The lowest BCUT2D eigenvalue weighted by atomic mass is 10.1. The van der Waals surface area contributed by atoms with Gasteiger partial charge in [-0.2, -0.15) is 5.26 Å². The average molecular weight is 232 g/mol. The number of nitriles is 1. The second kappa shape index (κ2) is 7.42. The number of rotatable bonds is 7. The zero-order valence-electron chi connectivity index (χ0n) is 9.69. The predicted octanol–water partition coefficient (Wildman–Crippen LogP) is 1.73. The van der Waals surface area contributed by atoms with Crippen molar-refractivity contribution >= 4 is 5.91 Å². The largest absolute Gasteiger partial charge is 0.377 e. The van der Waals surface area contributed by atoms with Gasteiger partial charge >= 0.3 is 0 Å². The summed E-state index contributed by atoms with van der Waals surface area (Å²) in [5.74, 6) is -0.278. The van der Waals surface area contributed by atoms with Crippen molar-refractivity contribution in [3.63, 3.8) is 0 Å². The molecule has 2 N–H and O–H groups in total. The van der Waals surface area contributed by atoms with Gasteiger partial charge in [0.05, 0.1) is 18.2 Å². The van der Waals surface area contributed by atoms with Crippen LogP contribution in [0.15, 0.2) is 24.3 Å². The molecule has 4 heteroatoms. The van der Waals surface area contributed by atoms with Crippen molar-refractivity contribution in [2.24, 2.45) is 5.73 Å². The lowest BCUT2D eigenvalue weighted by molar-refractivity contribution is -0.118. The number of carbonyl (C=O) groups is 1. The number of nitrogens with zero attached hydrogens (tertiary/aromatic N) is 1. The molecule has 0 saturated heterocycles. The quantitative estimate of drug-likeness (QED) is 0.727. The topological polar surface area (TPSA) is 76.1 Å². The Morgan fingerprint density at radius 3 is 2.82 bits per heavy atom. The minimum absolute atomic E-state index is 0.278. The number of amides is 1. The second-order valence-corrected chi connectivity index (χ2v) is 3.74. The molecule has 0 atom stereocenters. The third kappa shape index (κ3) is 5.14. The van der Waals surface area contributed by atoms with E-state index in [-0.39, 0.29) is 5.91 Å². The molecule has 90 valence electrons. The van der Waals surface area contributed by atoms with Gasteiger partial charge < -0.3 is 10.5 Å². The Kier molecular flexibility index (Phi) is 5.76. The minimum Gasteiger partial charge on any atom is -0.377 e. The maximum atomic E-state index is 10.5. The molecular formula is C13H16N2O2. The molecule has 0 spiro atoms. The number of benzene rings is 1. The summed E-state index contributed by atoms with van der Waals surface area (Å²) in [5.41, 5.74) is 6.56. The monoisotopic (exact) mass is 232 g/mol. The van der Waals surface area contributed by atoms with E-state index in [4.69, 9.17) is 15.7 Å². The fourth-order valence-corrected chi connectivity index (χ4v) is 1.44. The zero-order chi connectivity index (χ0) is 12.5. The van der Waals surface area contributed by atoms with Crippen molar-refractivity contribution < 1.29 is 9.53 Å². The Balaban J connectivity index is 2.22. The first-order valence-corrected chi connectivity index (χ1v) is 5.58. The van der Waals surface area contributed by atoms with Gasteiger partial charge in [-0.3, -0.25) is 4.79 Å². The van der Waals surface area contributed by atoms with Crippen LogP contribution in [0.5, 0.6) is 0 Å². The number of nitrogens with two attached hydrogens (primary N) is 1. The number of ether oxygens (including phenoxy) is 1. The van der Waals surface area contributed by atoms with Crippen LogP contribution >= 0.6 is 0 Å². The molecule has 0 unspecified atom stereocenters. The number of hydrogen-bond acceptors (Lipinski definition) is 3. The third-order valence-corrected chi connectivity index (χ3v) is 2.36. The van der Waals surface area contributed by atoms with E-state index in [9.17, 15) is 4.79 Å². The van der Waals surface area contributed by atoms with Crippen molar-refractivity contribution in [1.82, 2.24) is 0 Å². The molecule has 0 aliphatic carbocycles. The van der Waals surface area contributed by atoms with E-state index < -0.39 is 0 Å². The van der Waals surface area contributed by atoms with E-state index in [2.05, 4.69) is 6.07 Å². The van der Waals surface area contributed by atoms with Crippen molar-refractivity contribution in [3.05, 3.63) is 35.4 Å². The van der Waals surface area contributed by atoms with Gasteiger partial charge in [0.25, 0.3) is 0 Å². The van der Waals surface area contributed by atoms with Crippen LogP contribution < -0.4 is 5.73 Å². The van der Waals surface area contributed by atoms with Gasteiger partial charge in [0, 0.05) is 13.0 Å². The molecule has 0 saturated carbocycles. The van der Waals surface area contributed by atoms with Crippen LogP contribution in [-0.4, -0.2) is 12.5 Å². The summed E-state index contributed by atoms with van der Waals surface area (Å²) in [4.78, 5) is 10.5. The van der Waals surface area contributed by atoms with Gasteiger partial charge in [-0.1, -0.05) is 18.2 Å². The summed E-state index contributed by atoms with van der Waals surface area (Å²) in [6.07, 6.45) is 1.95. The van der Waals surface area contributed by atoms with Crippen LogP contribution in [0.2, 0.25) is 0 Å². The van der Waals surface area contributed by atoms with Gasteiger partial charge in [0.2, 0.25) is 5.91 Å². The number of hydrogen-bond donors (Lipinski definition) is 1. The molecule has 0 aromatic heterocycles. The lowest BCUT2D eigenvalue weighted by Crippen LogP contribution is -2.10. The molecule has 1 rings (SSSR count). The number of carbonyl (C=O) groups excluding carboxylic acids is 1. The van der Waals surface area contributed by atoms with E-state index in [1.165, 1.54) is 0 Å². The van der Waals surface area contributed by atoms with E-state index >= 15 is 0 Å². The van der Waals surface area contributed by atoms with Crippen molar-refractivity contribution in [1.29, 1.82) is 5.26 Å². The Hall–Kier alpha value is -1.86. The highest BCUT2D eigenvalue weighted by atomic mass is 16.5. The van der Waals surface area contributed by atoms with Gasteiger partial charge in [-0.25, -0.2) is 0 Å². The minimum atomic E-state index is -0.278. The Morgan fingerprint density at radius 1 is 1.35 bits per heavy atom. The van der Waals surface area contributed by atoms with Gasteiger partial charge in [-0.15, -0.1) is 0 Å². The van der Waals surface area contributed by atoms with Crippen LogP contribution in [0.1, 0.15) is 30.4 Å². The standard InChI is InChI=1S/C13H16N2O2/c14-9-11-5-1-2-6-12(11)10-17-8-4-3-7-13(15)16/h1-2,5-6H,3-4,7-8,10H2,(H2,15,16). The first-order valence-electron chi connectivity index (χ1n) is 5.58. The van der Waals surface area contributed by atoms with E-state index in [0.29, 0.717) is 25.2 Å². The van der Waals surface area contributed by atoms with Crippen LogP contribution in [0.3, 0.4) is 0 Å². The van der Waals surface area contributed by atoms with E-state index in [0.717, 1.165) is 18.4 Å². The molecule has 0 bridgehead atoms. The smallest absolute Gasteiger partial charge is 0.217 e. The molecule has 0 fully saturated rings. The molecule has 0 aliphatic rings. The van der Waals surface area contributed by atoms with Crippen molar-refractivity contribution in [3.8, 4) is 6.07 Å².